The van der Waals surface area contributed by atoms with Crippen molar-refractivity contribution in [1.82, 2.24) is 4.98 Å². The van der Waals surface area contributed by atoms with Crippen molar-refractivity contribution in [1.29, 1.82) is 0 Å². The van der Waals surface area contributed by atoms with Gasteiger partial charge in [-0.1, -0.05) is 0 Å². The molecule has 0 bridgehead atoms. The van der Waals surface area contributed by atoms with E-state index in [1.54, 1.807) is 6.20 Å². The normalized spacial score (nSPS) is 13.5. The molecule has 2 aromatic rings. The van der Waals surface area contributed by atoms with Gasteiger partial charge in [-0.3, -0.25) is 4.98 Å². The highest BCUT2D eigenvalue weighted by Crippen LogP contribution is 2.40. The Morgan fingerprint density at radius 1 is 1.21 bits per heavy atom. The average Bonchev–Trinajstić information content (AvgIpc) is 2.37. The number of ether oxygens (including phenoxy) is 1. The summed E-state index contributed by atoms with van der Waals surface area (Å²) in [5.74, 6) is 0.237. The highest BCUT2D eigenvalue weighted by molar-refractivity contribution is 5.73. The van der Waals surface area contributed by atoms with Gasteiger partial charge in [0.15, 0.2) is 0 Å². The number of hydrogen-bond donors (Lipinski definition) is 0. The lowest BCUT2D eigenvalue weighted by atomic mass is 9.98. The molecule has 0 fully saturated rings. The van der Waals surface area contributed by atoms with Gasteiger partial charge in [0.25, 0.3) is 0 Å². The van der Waals surface area contributed by atoms with Crippen molar-refractivity contribution in [2.24, 2.45) is 0 Å². The molecule has 0 N–H and O–H groups in total. The molecule has 0 unspecified atom stereocenters. The molecular formula is C14H10F3NO. The summed E-state index contributed by atoms with van der Waals surface area (Å²) >= 11 is 0. The Labute approximate surface area is 107 Å². The van der Waals surface area contributed by atoms with E-state index in [1.807, 2.05) is 13.0 Å². The molecule has 0 atom stereocenters. The quantitative estimate of drug-likeness (QED) is 0.719. The fourth-order valence-corrected chi connectivity index (χ4v) is 2.17. The molecule has 0 radical (unpaired) electrons. The Hall–Kier alpha value is -2.04. The van der Waals surface area contributed by atoms with Crippen LogP contribution >= 0.6 is 0 Å². The number of benzene rings is 1. The van der Waals surface area contributed by atoms with Crippen LogP contribution in [0.25, 0.3) is 11.3 Å². The smallest absolute Gasteiger partial charge is 0.416 e. The summed E-state index contributed by atoms with van der Waals surface area (Å²) in [6.45, 7) is 2.18. The average molecular weight is 265 g/mol. The van der Waals surface area contributed by atoms with Crippen LogP contribution in [-0.2, 0) is 12.8 Å². The lowest BCUT2D eigenvalue weighted by Crippen LogP contribution is -2.11. The molecule has 0 spiro atoms. The number of halogens is 3. The lowest BCUT2D eigenvalue weighted by molar-refractivity contribution is -0.137. The van der Waals surface area contributed by atoms with Gasteiger partial charge in [-0.05, 0) is 36.8 Å². The molecule has 98 valence electrons. The topological polar surface area (TPSA) is 22.1 Å². The zero-order valence-electron chi connectivity index (χ0n) is 10.1. The van der Waals surface area contributed by atoms with Crippen LogP contribution in [-0.4, -0.2) is 4.98 Å². The van der Waals surface area contributed by atoms with E-state index >= 15 is 0 Å². The van der Waals surface area contributed by atoms with Crippen molar-refractivity contribution in [2.75, 3.05) is 0 Å². The monoisotopic (exact) mass is 265 g/mol. The molecule has 0 saturated carbocycles. The van der Waals surface area contributed by atoms with E-state index < -0.39 is 11.7 Å². The summed E-state index contributed by atoms with van der Waals surface area (Å²) in [5, 5.41) is 0. The zero-order valence-corrected chi connectivity index (χ0v) is 10.1. The maximum atomic E-state index is 12.6. The van der Waals surface area contributed by atoms with Gasteiger partial charge in [-0.25, -0.2) is 0 Å². The number of hydrogen-bond acceptors (Lipinski definition) is 2. The van der Waals surface area contributed by atoms with Gasteiger partial charge in [-0.2, -0.15) is 13.2 Å². The number of rotatable bonds is 0. The van der Waals surface area contributed by atoms with Gasteiger partial charge < -0.3 is 4.74 Å². The van der Waals surface area contributed by atoms with Crippen LogP contribution in [0, 0.1) is 6.92 Å². The number of aryl methyl sites for hydroxylation is 1. The minimum absolute atomic E-state index is 0.237. The fraction of sp³-hybridized carbons (Fsp3) is 0.214. The SMILES string of the molecule is Cc1ccnc2c1COc1cc(C(F)(F)F)ccc1-2. The van der Waals surface area contributed by atoms with Crippen molar-refractivity contribution < 1.29 is 17.9 Å². The van der Waals surface area contributed by atoms with Gasteiger partial charge >= 0.3 is 6.18 Å². The summed E-state index contributed by atoms with van der Waals surface area (Å²) in [4.78, 5) is 4.25. The van der Waals surface area contributed by atoms with Crippen LogP contribution in [0.3, 0.4) is 0 Å². The first-order valence-corrected chi connectivity index (χ1v) is 5.76. The largest absolute Gasteiger partial charge is 0.488 e. The van der Waals surface area contributed by atoms with E-state index in [-0.39, 0.29) is 12.4 Å². The summed E-state index contributed by atoms with van der Waals surface area (Å²) in [5.41, 5.74) is 2.56. The van der Waals surface area contributed by atoms with Crippen LogP contribution in [0.4, 0.5) is 13.2 Å². The molecule has 0 aliphatic carbocycles. The molecule has 1 aromatic heterocycles. The lowest BCUT2D eigenvalue weighted by Gasteiger charge is -2.22. The standard InChI is InChI=1S/C14H10F3NO/c1-8-4-5-18-13-10-3-2-9(14(15,16)17)6-12(10)19-7-11(8)13/h2-6H,7H2,1H3. The highest BCUT2D eigenvalue weighted by Gasteiger charge is 2.32. The molecule has 0 amide bonds. The first kappa shape index (κ1) is 12.0. The number of alkyl halides is 3. The Morgan fingerprint density at radius 2 is 2.00 bits per heavy atom. The van der Waals surface area contributed by atoms with Crippen molar-refractivity contribution in [2.45, 2.75) is 19.7 Å². The molecule has 1 aliphatic rings. The van der Waals surface area contributed by atoms with Gasteiger partial charge in [0.05, 0.1) is 11.3 Å². The predicted molar refractivity (Wildman–Crippen MR) is 63.7 cm³/mol. The fourth-order valence-electron chi connectivity index (χ4n) is 2.17. The molecule has 5 heteroatoms. The summed E-state index contributed by atoms with van der Waals surface area (Å²) in [6.07, 6.45) is -2.71. The van der Waals surface area contributed by atoms with Crippen LogP contribution < -0.4 is 4.74 Å². The van der Waals surface area contributed by atoms with Crippen molar-refractivity contribution in [3.05, 3.63) is 47.2 Å². The van der Waals surface area contributed by atoms with E-state index in [1.165, 1.54) is 6.07 Å². The first-order valence-electron chi connectivity index (χ1n) is 5.76. The van der Waals surface area contributed by atoms with Crippen molar-refractivity contribution >= 4 is 0 Å². The van der Waals surface area contributed by atoms with E-state index in [2.05, 4.69) is 4.98 Å². The maximum absolute atomic E-state index is 12.6. The second-order valence-corrected chi connectivity index (χ2v) is 4.45. The van der Waals surface area contributed by atoms with Gasteiger partial charge in [0.1, 0.15) is 12.4 Å². The summed E-state index contributed by atoms with van der Waals surface area (Å²) in [6, 6.07) is 5.36. The number of pyridine rings is 1. The Morgan fingerprint density at radius 3 is 2.74 bits per heavy atom. The molecular weight excluding hydrogens is 255 g/mol. The minimum Gasteiger partial charge on any atom is -0.488 e. The van der Waals surface area contributed by atoms with E-state index in [0.717, 1.165) is 23.3 Å². The molecule has 19 heavy (non-hydrogen) atoms. The van der Waals surface area contributed by atoms with Crippen LogP contribution in [0.15, 0.2) is 30.5 Å². The van der Waals surface area contributed by atoms with Crippen LogP contribution in [0.5, 0.6) is 5.75 Å². The third-order valence-electron chi connectivity index (χ3n) is 3.23. The third-order valence-corrected chi connectivity index (χ3v) is 3.23. The summed E-state index contributed by atoms with van der Waals surface area (Å²) < 4.78 is 43.4. The third kappa shape index (κ3) is 1.95. The van der Waals surface area contributed by atoms with E-state index in [9.17, 15) is 13.2 Å². The Kier molecular flexibility index (Phi) is 2.52. The second-order valence-electron chi connectivity index (χ2n) is 4.45. The number of aromatic nitrogens is 1. The maximum Gasteiger partial charge on any atom is 0.416 e. The van der Waals surface area contributed by atoms with Gasteiger partial charge in [0, 0.05) is 17.3 Å². The number of fused-ring (bicyclic) bond motifs is 3. The van der Waals surface area contributed by atoms with Gasteiger partial charge in [0.2, 0.25) is 0 Å². The number of nitrogens with zero attached hydrogens (tertiary/aromatic N) is 1. The van der Waals surface area contributed by atoms with Crippen molar-refractivity contribution in [3.8, 4) is 17.0 Å². The first-order chi connectivity index (χ1) is 8.97. The van der Waals surface area contributed by atoms with E-state index in [0.29, 0.717) is 11.3 Å². The summed E-state index contributed by atoms with van der Waals surface area (Å²) in [7, 11) is 0. The van der Waals surface area contributed by atoms with Crippen LogP contribution in [0.1, 0.15) is 16.7 Å². The van der Waals surface area contributed by atoms with Crippen LogP contribution in [0.2, 0.25) is 0 Å². The molecule has 1 aliphatic heterocycles. The highest BCUT2D eigenvalue weighted by atomic mass is 19.4. The molecule has 1 aromatic carbocycles. The Bertz CT molecular complexity index is 650. The zero-order chi connectivity index (χ0) is 13.6. The molecule has 2 heterocycles. The molecule has 2 nitrogen and oxygen atoms in total. The second kappa shape index (κ2) is 3.98. The Balaban J connectivity index is 2.16. The van der Waals surface area contributed by atoms with Crippen molar-refractivity contribution in [3.63, 3.8) is 0 Å². The molecule has 0 saturated heterocycles. The van der Waals surface area contributed by atoms with E-state index in [4.69, 9.17) is 4.74 Å². The predicted octanol–water partition coefficient (Wildman–Crippen LogP) is 3.97. The van der Waals surface area contributed by atoms with Gasteiger partial charge in [-0.15, -0.1) is 0 Å². The molecule has 3 rings (SSSR count). The minimum atomic E-state index is -4.36.